The van der Waals surface area contributed by atoms with Gasteiger partial charge in [0.1, 0.15) is 16.6 Å². The Kier molecular flexibility index (Phi) is 5.78. The van der Waals surface area contributed by atoms with Crippen LogP contribution in [-0.2, 0) is 0 Å². The molecule has 8 heteroatoms. The Labute approximate surface area is 164 Å². The van der Waals surface area contributed by atoms with Crippen LogP contribution in [0.25, 0.3) is 0 Å². The molecule has 27 heavy (non-hydrogen) atoms. The maximum absolute atomic E-state index is 13.5. The van der Waals surface area contributed by atoms with E-state index in [1.807, 2.05) is 0 Å². The minimum absolute atomic E-state index is 0.0509. The van der Waals surface area contributed by atoms with E-state index in [1.54, 1.807) is 24.3 Å². The molecule has 0 bridgehead atoms. The normalized spacial score (nSPS) is 10.4. The summed E-state index contributed by atoms with van der Waals surface area (Å²) in [7, 11) is 1.40. The standard InChI is InChI=1S/C19H13Cl2FN2O3/c1-26-16-7-6-12(22)9-13(16)18(25)24-15-4-2-3-5-17(15)27-19-14(21)8-11(20)10-23-19/h2-10H,1H3,(H,24,25). The van der Waals surface area contributed by atoms with Crippen molar-refractivity contribution in [3.05, 3.63) is 76.2 Å². The maximum Gasteiger partial charge on any atom is 0.259 e. The SMILES string of the molecule is COc1ccc(F)cc1C(=O)Nc1ccccc1Oc1ncc(Cl)cc1Cl. The number of hydrogen-bond donors (Lipinski definition) is 1. The van der Waals surface area contributed by atoms with E-state index >= 15 is 0 Å². The summed E-state index contributed by atoms with van der Waals surface area (Å²) in [6, 6.07) is 11.9. The molecule has 0 aliphatic rings. The van der Waals surface area contributed by atoms with E-state index in [1.165, 1.54) is 31.5 Å². The number of carbonyl (C=O) groups excluding carboxylic acids is 1. The van der Waals surface area contributed by atoms with Crippen LogP contribution in [0, 0.1) is 5.82 Å². The van der Waals surface area contributed by atoms with Crippen molar-refractivity contribution < 1.29 is 18.7 Å². The van der Waals surface area contributed by atoms with Crippen LogP contribution in [0.4, 0.5) is 10.1 Å². The lowest BCUT2D eigenvalue weighted by Gasteiger charge is -2.13. The summed E-state index contributed by atoms with van der Waals surface area (Å²) in [6.45, 7) is 0. The first-order valence-electron chi connectivity index (χ1n) is 7.70. The molecule has 0 saturated heterocycles. The Morgan fingerprint density at radius 1 is 1.11 bits per heavy atom. The molecule has 0 radical (unpaired) electrons. The van der Waals surface area contributed by atoms with Crippen LogP contribution in [-0.4, -0.2) is 18.0 Å². The molecule has 0 unspecified atom stereocenters. The quantitative estimate of drug-likeness (QED) is 0.600. The summed E-state index contributed by atoms with van der Waals surface area (Å²) in [4.78, 5) is 16.6. The van der Waals surface area contributed by atoms with Crippen molar-refractivity contribution in [2.75, 3.05) is 12.4 Å². The number of nitrogens with one attached hydrogen (secondary N) is 1. The number of benzene rings is 2. The highest BCUT2D eigenvalue weighted by atomic mass is 35.5. The van der Waals surface area contributed by atoms with E-state index in [0.29, 0.717) is 16.5 Å². The number of carbonyl (C=O) groups is 1. The maximum atomic E-state index is 13.5. The van der Waals surface area contributed by atoms with Gasteiger partial charge >= 0.3 is 0 Å². The molecule has 1 N–H and O–H groups in total. The summed E-state index contributed by atoms with van der Waals surface area (Å²) in [5.74, 6) is -0.432. The minimum Gasteiger partial charge on any atom is -0.496 e. The predicted molar refractivity (Wildman–Crippen MR) is 102 cm³/mol. The van der Waals surface area contributed by atoms with E-state index in [2.05, 4.69) is 10.3 Å². The van der Waals surface area contributed by atoms with E-state index in [4.69, 9.17) is 32.7 Å². The van der Waals surface area contributed by atoms with Crippen molar-refractivity contribution in [2.45, 2.75) is 0 Å². The Morgan fingerprint density at radius 3 is 2.63 bits per heavy atom. The zero-order chi connectivity index (χ0) is 19.4. The van der Waals surface area contributed by atoms with Crippen LogP contribution < -0.4 is 14.8 Å². The Bertz CT molecular complexity index is 998. The molecule has 1 heterocycles. The number of hydrogen-bond acceptors (Lipinski definition) is 4. The summed E-state index contributed by atoms with van der Waals surface area (Å²) in [6.07, 6.45) is 1.39. The number of nitrogens with zero attached hydrogens (tertiary/aromatic N) is 1. The fourth-order valence-electron chi connectivity index (χ4n) is 2.29. The lowest BCUT2D eigenvalue weighted by atomic mass is 10.1. The van der Waals surface area contributed by atoms with Gasteiger partial charge in [0.25, 0.3) is 5.91 Å². The second-order valence-electron chi connectivity index (χ2n) is 5.34. The zero-order valence-corrected chi connectivity index (χ0v) is 15.5. The van der Waals surface area contributed by atoms with E-state index in [-0.39, 0.29) is 22.2 Å². The van der Waals surface area contributed by atoms with Gasteiger partial charge in [0.2, 0.25) is 5.88 Å². The average molecular weight is 407 g/mol. The second-order valence-corrected chi connectivity index (χ2v) is 6.18. The first-order chi connectivity index (χ1) is 13.0. The van der Waals surface area contributed by atoms with Crippen LogP contribution in [0.2, 0.25) is 10.0 Å². The summed E-state index contributed by atoms with van der Waals surface area (Å²) < 4.78 is 24.3. The van der Waals surface area contributed by atoms with Gasteiger partial charge in [-0.1, -0.05) is 35.3 Å². The van der Waals surface area contributed by atoms with Crippen LogP contribution in [0.1, 0.15) is 10.4 Å². The number of halogens is 3. The van der Waals surface area contributed by atoms with Crippen molar-refractivity contribution in [1.82, 2.24) is 4.98 Å². The van der Waals surface area contributed by atoms with Gasteiger partial charge < -0.3 is 14.8 Å². The molecule has 3 aromatic rings. The van der Waals surface area contributed by atoms with Crippen molar-refractivity contribution >= 4 is 34.8 Å². The molecule has 0 spiro atoms. The smallest absolute Gasteiger partial charge is 0.259 e. The molecule has 0 aliphatic heterocycles. The van der Waals surface area contributed by atoms with Gasteiger partial charge in [-0.05, 0) is 36.4 Å². The highest BCUT2D eigenvalue weighted by molar-refractivity contribution is 6.35. The predicted octanol–water partition coefficient (Wildman–Crippen LogP) is 5.58. The molecule has 5 nitrogen and oxygen atoms in total. The number of aromatic nitrogens is 1. The molecule has 0 atom stereocenters. The molecule has 1 aromatic heterocycles. The Morgan fingerprint density at radius 2 is 1.89 bits per heavy atom. The summed E-state index contributed by atoms with van der Waals surface area (Å²) >= 11 is 11.9. The number of methoxy groups -OCH3 is 1. The third-order valence-corrected chi connectivity index (χ3v) is 4.00. The first kappa shape index (κ1) is 18.9. The fourth-order valence-corrected chi connectivity index (χ4v) is 2.71. The Balaban J connectivity index is 1.88. The lowest BCUT2D eigenvalue weighted by Crippen LogP contribution is -2.14. The number of anilines is 1. The number of pyridine rings is 1. The van der Waals surface area contributed by atoms with Crippen molar-refractivity contribution in [2.24, 2.45) is 0 Å². The minimum atomic E-state index is -0.558. The third kappa shape index (κ3) is 4.48. The topological polar surface area (TPSA) is 60.5 Å². The molecule has 2 aromatic carbocycles. The molecule has 0 fully saturated rings. The lowest BCUT2D eigenvalue weighted by molar-refractivity contribution is 0.102. The number of para-hydroxylation sites is 2. The van der Waals surface area contributed by atoms with Gasteiger partial charge in [0.05, 0.1) is 23.4 Å². The van der Waals surface area contributed by atoms with Gasteiger partial charge in [-0.3, -0.25) is 4.79 Å². The molecular weight excluding hydrogens is 394 g/mol. The first-order valence-corrected chi connectivity index (χ1v) is 8.46. The van der Waals surface area contributed by atoms with E-state index in [9.17, 15) is 9.18 Å². The number of ether oxygens (including phenoxy) is 2. The summed E-state index contributed by atoms with van der Waals surface area (Å²) in [5.41, 5.74) is 0.400. The zero-order valence-electron chi connectivity index (χ0n) is 14.0. The van der Waals surface area contributed by atoms with Gasteiger partial charge in [-0.15, -0.1) is 0 Å². The Hall–Kier alpha value is -2.83. The molecule has 1 amide bonds. The molecule has 0 saturated carbocycles. The number of rotatable bonds is 5. The second kappa shape index (κ2) is 8.24. The third-order valence-electron chi connectivity index (χ3n) is 3.52. The van der Waals surface area contributed by atoms with Crippen molar-refractivity contribution in [3.63, 3.8) is 0 Å². The molecule has 0 aliphatic carbocycles. The molecule has 3 rings (SSSR count). The van der Waals surface area contributed by atoms with Crippen LogP contribution in [0.15, 0.2) is 54.7 Å². The van der Waals surface area contributed by atoms with Crippen LogP contribution in [0.3, 0.4) is 0 Å². The fraction of sp³-hybridized carbons (Fsp3) is 0.0526. The highest BCUT2D eigenvalue weighted by Gasteiger charge is 2.16. The molecule has 138 valence electrons. The largest absolute Gasteiger partial charge is 0.496 e. The molecular formula is C19H13Cl2FN2O3. The van der Waals surface area contributed by atoms with Gasteiger partial charge in [-0.25, -0.2) is 9.37 Å². The monoisotopic (exact) mass is 406 g/mol. The van der Waals surface area contributed by atoms with Gasteiger partial charge in [0, 0.05) is 6.20 Å². The average Bonchev–Trinajstić information content (AvgIpc) is 2.65. The summed E-state index contributed by atoms with van der Waals surface area (Å²) in [5, 5.41) is 3.26. The van der Waals surface area contributed by atoms with E-state index < -0.39 is 11.7 Å². The van der Waals surface area contributed by atoms with Crippen molar-refractivity contribution in [1.29, 1.82) is 0 Å². The highest BCUT2D eigenvalue weighted by Crippen LogP contribution is 2.33. The van der Waals surface area contributed by atoms with Gasteiger partial charge in [0.15, 0.2) is 5.75 Å². The number of amides is 1. The van der Waals surface area contributed by atoms with Gasteiger partial charge in [-0.2, -0.15) is 0 Å². The van der Waals surface area contributed by atoms with E-state index in [0.717, 1.165) is 6.07 Å². The van der Waals surface area contributed by atoms with Crippen LogP contribution >= 0.6 is 23.2 Å². The van der Waals surface area contributed by atoms with Crippen LogP contribution in [0.5, 0.6) is 17.4 Å². The van der Waals surface area contributed by atoms with Crippen molar-refractivity contribution in [3.8, 4) is 17.4 Å².